The van der Waals surface area contributed by atoms with E-state index in [-0.39, 0.29) is 21.8 Å². The van der Waals surface area contributed by atoms with Crippen LogP contribution in [0.25, 0.3) is 0 Å². The molecule has 7 heteroatoms. The van der Waals surface area contributed by atoms with Crippen molar-refractivity contribution in [2.45, 2.75) is 0 Å². The van der Waals surface area contributed by atoms with Crippen molar-refractivity contribution in [1.82, 2.24) is 0 Å². The van der Waals surface area contributed by atoms with Crippen molar-refractivity contribution in [3.8, 4) is 0 Å². The molecule has 0 saturated heterocycles. The highest BCUT2D eigenvalue weighted by Gasteiger charge is 2.16. The Morgan fingerprint density at radius 3 is 2.52 bits per heavy atom. The SMILES string of the molecule is O=C(Nc1ccc(Cl)cc1C(=O)O)c1cc(Br)ccc1F. The van der Waals surface area contributed by atoms with Gasteiger partial charge in [0.15, 0.2) is 0 Å². The van der Waals surface area contributed by atoms with E-state index in [1.54, 1.807) is 0 Å². The number of anilines is 1. The van der Waals surface area contributed by atoms with Crippen molar-refractivity contribution in [3.63, 3.8) is 0 Å². The van der Waals surface area contributed by atoms with Gasteiger partial charge in [0.05, 0.1) is 16.8 Å². The maximum absolute atomic E-state index is 13.6. The van der Waals surface area contributed by atoms with Gasteiger partial charge in [-0.05, 0) is 36.4 Å². The minimum atomic E-state index is -1.25. The summed E-state index contributed by atoms with van der Waals surface area (Å²) in [5, 5.41) is 11.7. The molecule has 0 fully saturated rings. The van der Waals surface area contributed by atoms with Crippen LogP contribution in [-0.4, -0.2) is 17.0 Å². The molecule has 4 nitrogen and oxygen atoms in total. The third kappa shape index (κ3) is 3.59. The van der Waals surface area contributed by atoms with Crippen LogP contribution in [0.4, 0.5) is 10.1 Å². The molecule has 2 N–H and O–H groups in total. The van der Waals surface area contributed by atoms with Crippen LogP contribution in [0.3, 0.4) is 0 Å². The number of amides is 1. The molecule has 0 heterocycles. The predicted molar refractivity (Wildman–Crippen MR) is 80.5 cm³/mol. The number of carboxylic acids is 1. The van der Waals surface area contributed by atoms with E-state index >= 15 is 0 Å². The average Bonchev–Trinajstić information content (AvgIpc) is 2.43. The Kier molecular flexibility index (Phi) is 4.59. The van der Waals surface area contributed by atoms with E-state index < -0.39 is 17.7 Å². The van der Waals surface area contributed by atoms with Crippen LogP contribution in [0.2, 0.25) is 5.02 Å². The van der Waals surface area contributed by atoms with E-state index in [0.29, 0.717) is 4.47 Å². The molecule has 0 aliphatic carbocycles. The van der Waals surface area contributed by atoms with Gasteiger partial charge in [-0.3, -0.25) is 4.79 Å². The van der Waals surface area contributed by atoms with Gasteiger partial charge in [-0.15, -0.1) is 0 Å². The largest absolute Gasteiger partial charge is 0.478 e. The first-order chi connectivity index (χ1) is 9.88. The van der Waals surface area contributed by atoms with Crippen molar-refractivity contribution in [1.29, 1.82) is 0 Å². The van der Waals surface area contributed by atoms with Crippen LogP contribution < -0.4 is 5.32 Å². The molecule has 21 heavy (non-hydrogen) atoms. The summed E-state index contributed by atoms with van der Waals surface area (Å²) in [6, 6.07) is 7.88. The number of carboxylic acid groups (broad SMARTS) is 1. The molecule has 0 spiro atoms. The first-order valence-electron chi connectivity index (χ1n) is 5.67. The number of aromatic carboxylic acids is 1. The summed E-state index contributed by atoms with van der Waals surface area (Å²) in [5.41, 5.74) is -0.335. The van der Waals surface area contributed by atoms with Crippen LogP contribution in [0.5, 0.6) is 0 Å². The summed E-state index contributed by atoms with van der Waals surface area (Å²) in [7, 11) is 0. The van der Waals surface area contributed by atoms with Crippen LogP contribution in [-0.2, 0) is 0 Å². The molecular weight excluding hydrogens is 365 g/mol. The standard InChI is InChI=1S/C14H8BrClFNO3/c15-7-1-3-11(17)9(5-7)13(19)18-12-4-2-8(16)6-10(12)14(20)21/h1-6H,(H,18,19)(H,20,21). The van der Waals surface area contributed by atoms with Crippen LogP contribution in [0.1, 0.15) is 20.7 Å². The lowest BCUT2D eigenvalue weighted by Gasteiger charge is -2.09. The zero-order chi connectivity index (χ0) is 15.6. The van der Waals surface area contributed by atoms with Crippen molar-refractivity contribution >= 4 is 45.1 Å². The Labute approximate surface area is 132 Å². The first kappa shape index (κ1) is 15.5. The number of nitrogens with one attached hydrogen (secondary N) is 1. The number of rotatable bonds is 3. The molecule has 2 aromatic carbocycles. The van der Waals surface area contributed by atoms with Crippen molar-refractivity contribution in [3.05, 3.63) is 62.8 Å². The fraction of sp³-hybridized carbons (Fsp3) is 0. The van der Waals surface area contributed by atoms with E-state index in [2.05, 4.69) is 21.2 Å². The Morgan fingerprint density at radius 1 is 1.14 bits per heavy atom. The highest BCUT2D eigenvalue weighted by molar-refractivity contribution is 9.10. The number of hydrogen-bond donors (Lipinski definition) is 2. The summed E-state index contributed by atoms with van der Waals surface area (Å²) >= 11 is 8.86. The lowest BCUT2D eigenvalue weighted by molar-refractivity contribution is 0.0698. The predicted octanol–water partition coefficient (Wildman–Crippen LogP) is 4.19. The van der Waals surface area contributed by atoms with E-state index in [0.717, 1.165) is 6.07 Å². The molecular formula is C14H8BrClFNO3. The molecule has 0 saturated carbocycles. The second-order valence-corrected chi connectivity index (χ2v) is 5.43. The smallest absolute Gasteiger partial charge is 0.337 e. The van der Waals surface area contributed by atoms with Gasteiger partial charge in [0, 0.05) is 9.50 Å². The Bertz CT molecular complexity index is 736. The van der Waals surface area contributed by atoms with E-state index in [9.17, 15) is 14.0 Å². The number of benzene rings is 2. The van der Waals surface area contributed by atoms with Gasteiger partial charge in [0.2, 0.25) is 0 Å². The lowest BCUT2D eigenvalue weighted by Crippen LogP contribution is -2.16. The quantitative estimate of drug-likeness (QED) is 0.849. The minimum Gasteiger partial charge on any atom is -0.478 e. The summed E-state index contributed by atoms with van der Waals surface area (Å²) in [6.07, 6.45) is 0. The van der Waals surface area contributed by atoms with Gasteiger partial charge in [-0.25, -0.2) is 9.18 Å². The zero-order valence-corrected chi connectivity index (χ0v) is 12.7. The second-order valence-electron chi connectivity index (χ2n) is 4.07. The summed E-state index contributed by atoms with van der Waals surface area (Å²) < 4.78 is 14.2. The molecule has 0 radical (unpaired) electrons. The van der Waals surface area contributed by atoms with Gasteiger partial charge in [0.1, 0.15) is 5.82 Å². The average molecular weight is 373 g/mol. The van der Waals surface area contributed by atoms with E-state index in [1.165, 1.54) is 30.3 Å². The topological polar surface area (TPSA) is 66.4 Å². The maximum Gasteiger partial charge on any atom is 0.337 e. The number of hydrogen-bond acceptors (Lipinski definition) is 2. The van der Waals surface area contributed by atoms with E-state index in [1.807, 2.05) is 0 Å². The highest BCUT2D eigenvalue weighted by atomic mass is 79.9. The Balaban J connectivity index is 2.36. The zero-order valence-electron chi connectivity index (χ0n) is 10.4. The van der Waals surface area contributed by atoms with Gasteiger partial charge in [0.25, 0.3) is 5.91 Å². The molecule has 2 aromatic rings. The van der Waals surface area contributed by atoms with Gasteiger partial charge in [-0.2, -0.15) is 0 Å². The molecule has 0 bridgehead atoms. The Hall–Kier alpha value is -1.92. The minimum absolute atomic E-state index is 0.0382. The number of carbonyl (C=O) groups is 2. The van der Waals surface area contributed by atoms with Gasteiger partial charge in [-0.1, -0.05) is 27.5 Å². The second kappa shape index (κ2) is 6.24. The molecule has 0 aliphatic heterocycles. The maximum atomic E-state index is 13.6. The first-order valence-corrected chi connectivity index (χ1v) is 6.85. The molecule has 2 rings (SSSR count). The van der Waals surface area contributed by atoms with Crippen molar-refractivity contribution in [2.75, 3.05) is 5.32 Å². The van der Waals surface area contributed by atoms with Crippen molar-refractivity contribution in [2.24, 2.45) is 0 Å². The third-order valence-electron chi connectivity index (χ3n) is 2.63. The van der Waals surface area contributed by atoms with Crippen LogP contribution >= 0.6 is 27.5 Å². The molecule has 108 valence electrons. The summed E-state index contributed by atoms with van der Waals surface area (Å²) in [5.74, 6) is -2.71. The van der Waals surface area contributed by atoms with E-state index in [4.69, 9.17) is 16.7 Å². The van der Waals surface area contributed by atoms with Gasteiger partial charge >= 0.3 is 5.97 Å². The normalized spacial score (nSPS) is 10.2. The monoisotopic (exact) mass is 371 g/mol. The molecule has 0 aromatic heterocycles. The molecule has 0 aliphatic rings. The summed E-state index contributed by atoms with van der Waals surface area (Å²) in [6.45, 7) is 0. The fourth-order valence-electron chi connectivity index (χ4n) is 1.66. The molecule has 0 atom stereocenters. The third-order valence-corrected chi connectivity index (χ3v) is 3.36. The molecule has 1 amide bonds. The number of carbonyl (C=O) groups excluding carboxylic acids is 1. The van der Waals surface area contributed by atoms with Crippen LogP contribution in [0.15, 0.2) is 40.9 Å². The van der Waals surface area contributed by atoms with Crippen molar-refractivity contribution < 1.29 is 19.1 Å². The van der Waals surface area contributed by atoms with Crippen LogP contribution in [0, 0.1) is 5.82 Å². The Morgan fingerprint density at radius 2 is 1.86 bits per heavy atom. The van der Waals surface area contributed by atoms with Gasteiger partial charge < -0.3 is 10.4 Å². The lowest BCUT2D eigenvalue weighted by atomic mass is 10.1. The fourth-order valence-corrected chi connectivity index (χ4v) is 2.20. The highest BCUT2D eigenvalue weighted by Crippen LogP contribution is 2.22. The molecule has 0 unspecified atom stereocenters. The number of halogens is 3. The summed E-state index contributed by atoms with van der Waals surface area (Å²) in [4.78, 5) is 23.2.